The highest BCUT2D eigenvalue weighted by Gasteiger charge is 2.29. The fraction of sp³-hybridized carbons (Fsp3) is 0.400. The molecule has 184 valence electrons. The third kappa shape index (κ3) is 4.96. The first-order chi connectivity index (χ1) is 16.8. The van der Waals surface area contributed by atoms with Gasteiger partial charge >= 0.3 is 6.03 Å². The number of anilines is 1. The van der Waals surface area contributed by atoms with Crippen LogP contribution in [0.15, 0.2) is 30.3 Å². The van der Waals surface area contributed by atoms with Crippen molar-refractivity contribution in [3.05, 3.63) is 52.7 Å². The van der Waals surface area contributed by atoms with E-state index in [4.69, 9.17) is 15.6 Å². The van der Waals surface area contributed by atoms with Gasteiger partial charge in [-0.15, -0.1) is 0 Å². The van der Waals surface area contributed by atoms with Crippen LogP contribution in [0.5, 0.6) is 5.75 Å². The van der Waals surface area contributed by atoms with Crippen LogP contribution in [0, 0.1) is 10.8 Å². The molecule has 2 aromatic rings. The number of methoxy groups -OCH3 is 1. The number of rotatable bonds is 5. The van der Waals surface area contributed by atoms with Gasteiger partial charge in [0.1, 0.15) is 23.1 Å². The van der Waals surface area contributed by atoms with E-state index in [-0.39, 0.29) is 17.9 Å². The number of nitrogens with zero attached hydrogens (tertiary/aromatic N) is 3. The Labute approximate surface area is 204 Å². The average molecular weight is 478 g/mol. The average Bonchev–Trinajstić information content (AvgIpc) is 3.20. The molecule has 2 aliphatic rings. The molecule has 10 heteroatoms. The minimum atomic E-state index is -0.391. The minimum absolute atomic E-state index is 0.0637. The number of likely N-dealkylation sites (tertiary alicyclic amines) is 1. The molecule has 0 saturated carbocycles. The van der Waals surface area contributed by atoms with Gasteiger partial charge in [0.2, 0.25) is 0 Å². The summed E-state index contributed by atoms with van der Waals surface area (Å²) in [5.41, 5.74) is 2.69. The molecule has 4 rings (SSSR count). The second kappa shape index (κ2) is 10.1. The molecule has 0 aliphatic carbocycles. The van der Waals surface area contributed by atoms with Crippen molar-refractivity contribution in [1.82, 2.24) is 20.1 Å². The normalized spacial score (nSPS) is 17.1. The van der Waals surface area contributed by atoms with Crippen LogP contribution in [0.1, 0.15) is 53.9 Å². The molecule has 4 N–H and O–H groups in total. The molecule has 3 amide bonds. The van der Waals surface area contributed by atoms with E-state index in [1.807, 2.05) is 19.9 Å². The quantitative estimate of drug-likeness (QED) is 0.387. The Morgan fingerprint density at radius 1 is 1.23 bits per heavy atom. The Morgan fingerprint density at radius 2 is 2.03 bits per heavy atom. The number of aromatic nitrogens is 1. The van der Waals surface area contributed by atoms with Crippen molar-refractivity contribution < 1.29 is 14.3 Å². The number of urea groups is 1. The van der Waals surface area contributed by atoms with Crippen molar-refractivity contribution in [2.45, 2.75) is 45.7 Å². The first-order valence-electron chi connectivity index (χ1n) is 11.8. The highest BCUT2D eigenvalue weighted by Crippen LogP contribution is 2.29. The van der Waals surface area contributed by atoms with Crippen LogP contribution < -0.4 is 15.4 Å². The van der Waals surface area contributed by atoms with Gasteiger partial charge in [-0.2, -0.15) is 0 Å². The zero-order chi connectivity index (χ0) is 25.1. The SMILES string of the molecule is CCNC(=O)N1CCc2cc(OC)c(C(=O)Nc3cccc(C(=N)N4C(=N)CCC4C)n3)cc2C1. The molecule has 35 heavy (non-hydrogen) atoms. The van der Waals surface area contributed by atoms with Crippen molar-refractivity contribution in [2.75, 3.05) is 25.5 Å². The van der Waals surface area contributed by atoms with Gasteiger partial charge in [0.05, 0.1) is 12.7 Å². The number of fused-ring (bicyclic) bond motifs is 1. The molecule has 1 atom stereocenters. The maximum atomic E-state index is 13.2. The molecule has 0 radical (unpaired) electrons. The summed E-state index contributed by atoms with van der Waals surface area (Å²) in [7, 11) is 1.52. The van der Waals surface area contributed by atoms with Gasteiger partial charge in [0.25, 0.3) is 5.91 Å². The summed E-state index contributed by atoms with van der Waals surface area (Å²) in [6.45, 7) is 5.43. The molecular formula is C25H31N7O3. The van der Waals surface area contributed by atoms with E-state index < -0.39 is 5.91 Å². The van der Waals surface area contributed by atoms with Gasteiger partial charge in [0.15, 0.2) is 5.84 Å². The molecule has 2 aliphatic heterocycles. The molecular weight excluding hydrogens is 446 g/mol. The van der Waals surface area contributed by atoms with E-state index in [2.05, 4.69) is 15.6 Å². The highest BCUT2D eigenvalue weighted by molar-refractivity contribution is 6.08. The van der Waals surface area contributed by atoms with Crippen molar-refractivity contribution in [3.8, 4) is 5.75 Å². The van der Waals surface area contributed by atoms with Crippen molar-refractivity contribution >= 4 is 29.4 Å². The summed E-state index contributed by atoms with van der Waals surface area (Å²) in [6.07, 6.45) is 2.14. The summed E-state index contributed by atoms with van der Waals surface area (Å²) in [5.74, 6) is 0.917. The second-order valence-electron chi connectivity index (χ2n) is 8.74. The lowest BCUT2D eigenvalue weighted by Crippen LogP contribution is -2.42. The first kappa shape index (κ1) is 24.2. The van der Waals surface area contributed by atoms with E-state index in [1.165, 1.54) is 7.11 Å². The van der Waals surface area contributed by atoms with Crippen molar-refractivity contribution in [2.24, 2.45) is 0 Å². The summed E-state index contributed by atoms with van der Waals surface area (Å²) in [5, 5.41) is 22.3. The van der Waals surface area contributed by atoms with Crippen LogP contribution >= 0.6 is 0 Å². The van der Waals surface area contributed by atoms with Crippen LogP contribution in [-0.2, 0) is 13.0 Å². The summed E-state index contributed by atoms with van der Waals surface area (Å²) in [6, 6.07) is 8.66. The number of hydrogen-bond donors (Lipinski definition) is 4. The highest BCUT2D eigenvalue weighted by atomic mass is 16.5. The molecule has 1 aromatic carbocycles. The van der Waals surface area contributed by atoms with Gasteiger partial charge in [-0.3, -0.25) is 15.6 Å². The third-order valence-corrected chi connectivity index (χ3v) is 6.40. The number of benzene rings is 1. The molecule has 1 unspecified atom stereocenters. The van der Waals surface area contributed by atoms with Gasteiger partial charge in [-0.1, -0.05) is 6.07 Å². The van der Waals surface area contributed by atoms with Crippen LogP contribution in [0.3, 0.4) is 0 Å². The Hall–Kier alpha value is -3.95. The van der Waals surface area contributed by atoms with Gasteiger partial charge in [-0.25, -0.2) is 9.78 Å². The van der Waals surface area contributed by atoms with E-state index in [1.54, 1.807) is 34.1 Å². The number of pyridine rings is 1. The monoisotopic (exact) mass is 477 g/mol. The van der Waals surface area contributed by atoms with Crippen LogP contribution in [0.2, 0.25) is 0 Å². The number of carbonyl (C=O) groups excluding carboxylic acids is 2. The number of amidine groups is 2. The predicted octanol–water partition coefficient (Wildman–Crippen LogP) is 3.22. The third-order valence-electron chi connectivity index (χ3n) is 6.40. The van der Waals surface area contributed by atoms with E-state index in [0.29, 0.717) is 61.1 Å². The molecule has 10 nitrogen and oxygen atoms in total. The number of amides is 3. The Morgan fingerprint density at radius 3 is 2.71 bits per heavy atom. The number of nitrogens with one attached hydrogen (secondary N) is 4. The molecule has 1 fully saturated rings. The maximum absolute atomic E-state index is 13.2. The molecule has 0 bridgehead atoms. The largest absolute Gasteiger partial charge is 0.496 e. The van der Waals surface area contributed by atoms with E-state index >= 15 is 0 Å². The Balaban J connectivity index is 1.55. The van der Waals surface area contributed by atoms with E-state index in [0.717, 1.165) is 17.5 Å². The van der Waals surface area contributed by atoms with Crippen molar-refractivity contribution in [1.29, 1.82) is 10.8 Å². The standard InChI is InChI=1S/C25H31N7O3/c1-4-28-25(34)31-11-10-16-13-20(35-3)18(12-17(16)14-31)24(33)30-22-7-5-6-19(29-22)23(27)32-15(2)8-9-21(32)26/h5-7,12-13,15,26-27H,4,8-11,14H2,1-3H3,(H,28,34)(H,29,30,33). The predicted molar refractivity (Wildman–Crippen MR) is 133 cm³/mol. The topological polar surface area (TPSA) is 134 Å². The Kier molecular flexibility index (Phi) is 6.99. The summed E-state index contributed by atoms with van der Waals surface area (Å²) in [4.78, 5) is 33.3. The molecule has 1 aromatic heterocycles. The van der Waals surface area contributed by atoms with Gasteiger partial charge in [-0.05, 0) is 62.1 Å². The molecule has 0 spiro atoms. The first-order valence-corrected chi connectivity index (χ1v) is 11.8. The number of hydrogen-bond acceptors (Lipinski definition) is 6. The number of ether oxygens (including phenoxy) is 1. The molecule has 3 heterocycles. The van der Waals surface area contributed by atoms with Crippen LogP contribution in [0.4, 0.5) is 10.6 Å². The fourth-order valence-electron chi connectivity index (χ4n) is 4.53. The summed E-state index contributed by atoms with van der Waals surface area (Å²) >= 11 is 0. The van der Waals surface area contributed by atoms with Gasteiger partial charge < -0.3 is 25.2 Å². The number of carbonyl (C=O) groups is 2. The minimum Gasteiger partial charge on any atom is -0.496 e. The van der Waals surface area contributed by atoms with Crippen LogP contribution in [0.25, 0.3) is 0 Å². The Bertz CT molecular complexity index is 1180. The zero-order valence-corrected chi connectivity index (χ0v) is 20.3. The lowest BCUT2D eigenvalue weighted by molar-refractivity contribution is 0.102. The second-order valence-corrected chi connectivity index (χ2v) is 8.74. The van der Waals surface area contributed by atoms with Crippen molar-refractivity contribution in [3.63, 3.8) is 0 Å². The van der Waals surface area contributed by atoms with Gasteiger partial charge in [0, 0.05) is 32.1 Å². The smallest absolute Gasteiger partial charge is 0.317 e. The lowest BCUT2D eigenvalue weighted by atomic mass is 9.96. The zero-order valence-electron chi connectivity index (χ0n) is 20.3. The fourth-order valence-corrected chi connectivity index (χ4v) is 4.53. The summed E-state index contributed by atoms with van der Waals surface area (Å²) < 4.78 is 5.50. The molecule has 1 saturated heterocycles. The lowest BCUT2D eigenvalue weighted by Gasteiger charge is -2.29. The maximum Gasteiger partial charge on any atom is 0.317 e. The van der Waals surface area contributed by atoms with Crippen LogP contribution in [-0.4, -0.2) is 64.6 Å². The van der Waals surface area contributed by atoms with E-state index in [9.17, 15) is 9.59 Å².